The minimum Gasteiger partial charge on any atom is -0.506 e. The average molecular weight is 230 g/mol. The third-order valence-corrected chi connectivity index (χ3v) is 2.83. The predicted octanol–water partition coefficient (Wildman–Crippen LogP) is 1.42. The van der Waals surface area contributed by atoms with Crippen LogP contribution in [-0.2, 0) is 18.0 Å². The number of ether oxygens (including phenoxy) is 1. The molecule has 2 heterocycles. The average Bonchev–Trinajstić information content (AvgIpc) is 2.91. The Balaban J connectivity index is 2.22. The Morgan fingerprint density at radius 3 is 2.94 bits per heavy atom. The van der Waals surface area contributed by atoms with Gasteiger partial charge in [-0.2, -0.15) is 5.10 Å². The lowest BCUT2D eigenvalue weighted by Crippen LogP contribution is -2.02. The third-order valence-electron chi connectivity index (χ3n) is 2.83. The Bertz CT molecular complexity index is 589. The van der Waals surface area contributed by atoms with Gasteiger partial charge in [-0.25, -0.2) is 4.68 Å². The number of fused-ring (bicyclic) bond motifs is 1. The first-order chi connectivity index (χ1) is 8.31. The van der Waals surface area contributed by atoms with E-state index in [1.165, 1.54) is 0 Å². The molecule has 0 unspecified atom stereocenters. The molecule has 2 aromatic rings. The summed E-state index contributed by atoms with van der Waals surface area (Å²) in [6.07, 6.45) is 0.712. The molecule has 86 valence electrons. The van der Waals surface area contributed by atoms with Crippen molar-refractivity contribution >= 4 is 6.29 Å². The van der Waals surface area contributed by atoms with Crippen LogP contribution in [0.5, 0.6) is 5.75 Å². The van der Waals surface area contributed by atoms with Crippen molar-refractivity contribution in [2.45, 2.75) is 13.2 Å². The van der Waals surface area contributed by atoms with Gasteiger partial charge in [0, 0.05) is 5.56 Å². The zero-order valence-electron chi connectivity index (χ0n) is 8.96. The molecule has 0 bridgehead atoms. The van der Waals surface area contributed by atoms with Crippen LogP contribution in [0.2, 0.25) is 0 Å². The fourth-order valence-electron chi connectivity index (χ4n) is 2.00. The maximum atomic E-state index is 10.9. The molecule has 5 heteroatoms. The second-order valence-corrected chi connectivity index (χ2v) is 3.82. The van der Waals surface area contributed by atoms with Crippen molar-refractivity contribution in [3.8, 4) is 11.4 Å². The maximum absolute atomic E-state index is 10.9. The van der Waals surface area contributed by atoms with Gasteiger partial charge in [0.05, 0.1) is 18.9 Å². The first-order valence-corrected chi connectivity index (χ1v) is 5.23. The quantitative estimate of drug-likeness (QED) is 0.792. The standard InChI is InChI=1S/C12H10N2O3/c15-5-9-8-6-17-7-11(8)14(13-9)10-3-1-2-4-12(10)16/h1-5,16H,6-7H2. The van der Waals surface area contributed by atoms with Crippen molar-refractivity contribution in [3.05, 3.63) is 41.2 Å². The molecule has 1 aliphatic rings. The molecule has 1 N–H and O–H groups in total. The number of aromatic nitrogens is 2. The Morgan fingerprint density at radius 2 is 2.18 bits per heavy atom. The van der Waals surface area contributed by atoms with E-state index >= 15 is 0 Å². The Kier molecular flexibility index (Phi) is 2.19. The minimum absolute atomic E-state index is 0.127. The van der Waals surface area contributed by atoms with Crippen molar-refractivity contribution in [2.24, 2.45) is 0 Å². The Morgan fingerprint density at radius 1 is 1.35 bits per heavy atom. The van der Waals surface area contributed by atoms with E-state index in [1.54, 1.807) is 28.9 Å². The van der Waals surface area contributed by atoms with Gasteiger partial charge in [-0.05, 0) is 12.1 Å². The fourth-order valence-corrected chi connectivity index (χ4v) is 2.00. The molecule has 1 aliphatic heterocycles. The summed E-state index contributed by atoms with van der Waals surface area (Å²) in [4.78, 5) is 10.9. The van der Waals surface area contributed by atoms with Crippen LogP contribution in [-0.4, -0.2) is 21.2 Å². The van der Waals surface area contributed by atoms with E-state index in [0.717, 1.165) is 11.3 Å². The van der Waals surface area contributed by atoms with E-state index in [0.29, 0.717) is 30.9 Å². The first-order valence-electron chi connectivity index (χ1n) is 5.23. The second kappa shape index (κ2) is 3.71. The summed E-state index contributed by atoms with van der Waals surface area (Å²) < 4.78 is 6.87. The molecular formula is C12H10N2O3. The highest BCUT2D eigenvalue weighted by Crippen LogP contribution is 2.28. The van der Waals surface area contributed by atoms with Crippen LogP contribution in [0.3, 0.4) is 0 Å². The van der Waals surface area contributed by atoms with Gasteiger partial charge in [0.1, 0.15) is 17.1 Å². The van der Waals surface area contributed by atoms with E-state index in [-0.39, 0.29) is 5.75 Å². The van der Waals surface area contributed by atoms with E-state index in [1.807, 2.05) is 0 Å². The van der Waals surface area contributed by atoms with Crippen LogP contribution in [0.1, 0.15) is 21.7 Å². The van der Waals surface area contributed by atoms with Gasteiger partial charge >= 0.3 is 0 Å². The molecule has 0 spiro atoms. The molecule has 0 radical (unpaired) electrons. The summed E-state index contributed by atoms with van der Waals surface area (Å²) in [5.41, 5.74) is 2.57. The number of carbonyl (C=O) groups is 1. The van der Waals surface area contributed by atoms with E-state index in [4.69, 9.17) is 4.74 Å². The number of phenols is 1. The summed E-state index contributed by atoms with van der Waals surface area (Å²) >= 11 is 0. The van der Waals surface area contributed by atoms with Crippen LogP contribution < -0.4 is 0 Å². The van der Waals surface area contributed by atoms with Crippen molar-refractivity contribution < 1.29 is 14.6 Å². The van der Waals surface area contributed by atoms with Crippen molar-refractivity contribution in [1.82, 2.24) is 9.78 Å². The summed E-state index contributed by atoms with van der Waals surface area (Å²) in [7, 11) is 0. The molecule has 5 nitrogen and oxygen atoms in total. The van der Waals surface area contributed by atoms with Crippen LogP contribution in [0.15, 0.2) is 24.3 Å². The van der Waals surface area contributed by atoms with Gasteiger partial charge in [-0.3, -0.25) is 4.79 Å². The van der Waals surface area contributed by atoms with Gasteiger partial charge in [0.25, 0.3) is 0 Å². The lowest BCUT2D eigenvalue weighted by atomic mass is 10.2. The number of para-hydroxylation sites is 2. The number of hydrogen-bond acceptors (Lipinski definition) is 4. The van der Waals surface area contributed by atoms with Crippen LogP contribution >= 0.6 is 0 Å². The number of nitrogens with zero attached hydrogens (tertiary/aromatic N) is 2. The molecule has 3 rings (SSSR count). The maximum Gasteiger partial charge on any atom is 0.170 e. The smallest absolute Gasteiger partial charge is 0.170 e. The number of benzene rings is 1. The monoisotopic (exact) mass is 230 g/mol. The highest BCUT2D eigenvalue weighted by atomic mass is 16.5. The van der Waals surface area contributed by atoms with Crippen molar-refractivity contribution in [3.63, 3.8) is 0 Å². The van der Waals surface area contributed by atoms with Crippen LogP contribution in [0, 0.1) is 0 Å². The summed E-state index contributed by atoms with van der Waals surface area (Å²) in [6.45, 7) is 0.807. The van der Waals surface area contributed by atoms with Crippen molar-refractivity contribution in [2.75, 3.05) is 0 Å². The number of aldehydes is 1. The first kappa shape index (κ1) is 10.0. The Hall–Kier alpha value is -2.14. The molecule has 0 aliphatic carbocycles. The predicted molar refractivity (Wildman–Crippen MR) is 59.1 cm³/mol. The number of aromatic hydroxyl groups is 1. The largest absolute Gasteiger partial charge is 0.506 e. The SMILES string of the molecule is O=Cc1nn(-c2ccccc2O)c2c1COC2. The summed E-state index contributed by atoms with van der Waals surface area (Å²) in [5, 5.41) is 14.0. The zero-order valence-corrected chi connectivity index (χ0v) is 8.96. The summed E-state index contributed by atoms with van der Waals surface area (Å²) in [5.74, 6) is 0.127. The number of hydrogen-bond donors (Lipinski definition) is 1. The molecular weight excluding hydrogens is 220 g/mol. The van der Waals surface area contributed by atoms with Gasteiger partial charge in [-0.1, -0.05) is 12.1 Å². The molecule has 1 aromatic carbocycles. The zero-order chi connectivity index (χ0) is 11.8. The number of rotatable bonds is 2. The van der Waals surface area contributed by atoms with Gasteiger partial charge in [-0.15, -0.1) is 0 Å². The number of phenolic OH excluding ortho intramolecular Hbond substituents is 1. The normalized spacial score (nSPS) is 13.6. The van der Waals surface area contributed by atoms with Gasteiger partial charge < -0.3 is 9.84 Å². The molecule has 1 aromatic heterocycles. The molecule has 0 saturated heterocycles. The van der Waals surface area contributed by atoms with Crippen molar-refractivity contribution in [1.29, 1.82) is 0 Å². The fraction of sp³-hybridized carbons (Fsp3) is 0.167. The highest BCUT2D eigenvalue weighted by Gasteiger charge is 2.24. The molecule has 17 heavy (non-hydrogen) atoms. The molecule has 0 fully saturated rings. The van der Waals surface area contributed by atoms with E-state index in [2.05, 4.69) is 5.10 Å². The molecule has 0 amide bonds. The molecule has 0 saturated carbocycles. The third kappa shape index (κ3) is 1.43. The second-order valence-electron chi connectivity index (χ2n) is 3.82. The van der Waals surface area contributed by atoms with E-state index in [9.17, 15) is 9.90 Å². The lowest BCUT2D eigenvalue weighted by molar-refractivity contribution is 0.110. The highest BCUT2D eigenvalue weighted by molar-refractivity contribution is 5.75. The number of carbonyl (C=O) groups excluding carboxylic acids is 1. The Labute approximate surface area is 97.3 Å². The summed E-state index contributed by atoms with van der Waals surface area (Å²) in [6, 6.07) is 6.87. The topological polar surface area (TPSA) is 64.4 Å². The van der Waals surface area contributed by atoms with Gasteiger partial charge in [0.2, 0.25) is 0 Å². The minimum atomic E-state index is 0.127. The van der Waals surface area contributed by atoms with E-state index < -0.39 is 0 Å². The lowest BCUT2D eigenvalue weighted by Gasteiger charge is -2.06. The van der Waals surface area contributed by atoms with Gasteiger partial charge in [0.15, 0.2) is 6.29 Å². The molecule has 0 atom stereocenters. The van der Waals surface area contributed by atoms with Crippen LogP contribution in [0.4, 0.5) is 0 Å². The van der Waals surface area contributed by atoms with Crippen LogP contribution in [0.25, 0.3) is 5.69 Å².